The summed E-state index contributed by atoms with van der Waals surface area (Å²) in [5, 5.41) is 2.91. The van der Waals surface area contributed by atoms with Crippen LogP contribution in [0.3, 0.4) is 0 Å². The lowest BCUT2D eigenvalue weighted by molar-refractivity contribution is -0.164. The van der Waals surface area contributed by atoms with Crippen molar-refractivity contribution in [3.8, 4) is 0 Å². The lowest BCUT2D eigenvalue weighted by atomic mass is 9.60. The molecule has 0 unspecified atom stereocenters. The minimum absolute atomic E-state index is 0.0767. The molecular formula is C18H23NO4. The van der Waals surface area contributed by atoms with Gasteiger partial charge in [-0.25, -0.2) is 4.79 Å². The van der Waals surface area contributed by atoms with Crippen LogP contribution < -0.4 is 5.32 Å². The van der Waals surface area contributed by atoms with E-state index in [0.29, 0.717) is 6.61 Å². The molecule has 2 aliphatic carbocycles. The Bertz CT molecular complexity index is 592. The number of benzene rings is 1. The number of carbonyl (C=O) groups excluding carboxylic acids is 2. The van der Waals surface area contributed by atoms with Crippen LogP contribution in [0.15, 0.2) is 30.3 Å². The van der Waals surface area contributed by atoms with E-state index in [1.807, 2.05) is 44.2 Å². The summed E-state index contributed by atoms with van der Waals surface area (Å²) in [6.07, 6.45) is 2.09. The minimum atomic E-state index is -0.389. The van der Waals surface area contributed by atoms with Crippen molar-refractivity contribution < 1.29 is 19.1 Å². The number of alkyl carbamates (subject to hydrolysis) is 1. The van der Waals surface area contributed by atoms with E-state index in [-0.39, 0.29) is 35.5 Å². The molecule has 0 heterocycles. The molecule has 5 nitrogen and oxygen atoms in total. The van der Waals surface area contributed by atoms with Gasteiger partial charge in [0, 0.05) is 6.04 Å². The summed E-state index contributed by atoms with van der Waals surface area (Å²) in [5.41, 5.74) is 0.653. The molecule has 1 amide bonds. The van der Waals surface area contributed by atoms with Crippen LogP contribution in [-0.4, -0.2) is 24.7 Å². The maximum atomic E-state index is 11.9. The zero-order valence-corrected chi connectivity index (χ0v) is 13.6. The molecule has 1 aromatic rings. The fourth-order valence-electron chi connectivity index (χ4n) is 3.80. The van der Waals surface area contributed by atoms with Gasteiger partial charge in [-0.15, -0.1) is 0 Å². The molecule has 3 rings (SSSR count). The molecule has 0 aliphatic heterocycles. The van der Waals surface area contributed by atoms with E-state index in [2.05, 4.69) is 5.32 Å². The molecule has 2 aliphatic rings. The third-order valence-corrected chi connectivity index (χ3v) is 4.95. The van der Waals surface area contributed by atoms with Gasteiger partial charge in [-0.3, -0.25) is 4.79 Å². The highest BCUT2D eigenvalue weighted by Gasteiger charge is 2.69. The van der Waals surface area contributed by atoms with Crippen molar-refractivity contribution in [2.24, 2.45) is 10.8 Å². The normalized spacial score (nSPS) is 31.1. The molecule has 0 aromatic heterocycles. The second-order valence-electron chi connectivity index (χ2n) is 6.96. The maximum Gasteiger partial charge on any atom is 0.407 e. The number of esters is 1. The van der Waals surface area contributed by atoms with Crippen molar-refractivity contribution in [1.82, 2.24) is 5.32 Å². The molecule has 1 spiro atoms. The molecule has 124 valence electrons. The van der Waals surface area contributed by atoms with Crippen LogP contribution in [-0.2, 0) is 20.9 Å². The average molecular weight is 317 g/mol. The lowest BCUT2D eigenvalue weighted by Gasteiger charge is -2.44. The summed E-state index contributed by atoms with van der Waals surface area (Å²) in [6.45, 7) is 4.45. The zero-order valence-electron chi connectivity index (χ0n) is 13.6. The molecule has 1 atom stereocenters. The van der Waals surface area contributed by atoms with E-state index in [9.17, 15) is 9.59 Å². The Morgan fingerprint density at radius 1 is 1.22 bits per heavy atom. The van der Waals surface area contributed by atoms with Crippen LogP contribution in [0.2, 0.25) is 0 Å². The van der Waals surface area contributed by atoms with Gasteiger partial charge < -0.3 is 14.8 Å². The number of hydrogen-bond acceptors (Lipinski definition) is 4. The summed E-state index contributed by atoms with van der Waals surface area (Å²) in [4.78, 5) is 23.8. The van der Waals surface area contributed by atoms with Crippen molar-refractivity contribution in [2.75, 3.05) is 6.61 Å². The molecule has 1 N–H and O–H groups in total. The fraction of sp³-hybridized carbons (Fsp3) is 0.556. The van der Waals surface area contributed by atoms with Crippen LogP contribution in [0.1, 0.15) is 38.7 Å². The molecule has 0 bridgehead atoms. The van der Waals surface area contributed by atoms with Crippen molar-refractivity contribution in [3.63, 3.8) is 0 Å². The van der Waals surface area contributed by atoms with Gasteiger partial charge in [0.15, 0.2) is 0 Å². The molecule has 2 saturated carbocycles. The molecule has 5 heteroatoms. The number of carbonyl (C=O) groups is 2. The van der Waals surface area contributed by atoms with E-state index in [0.717, 1.165) is 24.8 Å². The average Bonchev–Trinajstić information content (AvgIpc) is 3.19. The van der Waals surface area contributed by atoms with Gasteiger partial charge in [-0.05, 0) is 44.1 Å². The van der Waals surface area contributed by atoms with Crippen LogP contribution in [0.5, 0.6) is 0 Å². The van der Waals surface area contributed by atoms with E-state index in [4.69, 9.17) is 9.47 Å². The molecule has 0 radical (unpaired) electrons. The topological polar surface area (TPSA) is 64.6 Å². The van der Waals surface area contributed by atoms with Crippen LogP contribution >= 0.6 is 0 Å². The Kier molecular flexibility index (Phi) is 4.04. The highest BCUT2D eigenvalue weighted by atomic mass is 16.5. The summed E-state index contributed by atoms with van der Waals surface area (Å²) in [6, 6.07) is 9.71. The second-order valence-corrected chi connectivity index (χ2v) is 6.96. The fourth-order valence-corrected chi connectivity index (χ4v) is 3.80. The van der Waals surface area contributed by atoms with Crippen LogP contribution in [0.4, 0.5) is 4.79 Å². The predicted molar refractivity (Wildman–Crippen MR) is 84.6 cm³/mol. The first-order chi connectivity index (χ1) is 11.0. The van der Waals surface area contributed by atoms with E-state index >= 15 is 0 Å². The Morgan fingerprint density at radius 2 is 1.91 bits per heavy atom. The molecular weight excluding hydrogens is 294 g/mol. The third-order valence-electron chi connectivity index (χ3n) is 4.95. The quantitative estimate of drug-likeness (QED) is 0.848. The van der Waals surface area contributed by atoms with Crippen molar-refractivity contribution in [3.05, 3.63) is 35.9 Å². The number of ether oxygens (including phenoxy) is 2. The van der Waals surface area contributed by atoms with Crippen molar-refractivity contribution in [2.45, 2.75) is 45.8 Å². The Labute approximate surface area is 136 Å². The first-order valence-electron chi connectivity index (χ1n) is 8.12. The van der Waals surface area contributed by atoms with Gasteiger partial charge in [0.25, 0.3) is 0 Å². The maximum absolute atomic E-state index is 11.9. The van der Waals surface area contributed by atoms with Crippen molar-refractivity contribution >= 4 is 12.1 Å². The number of amides is 1. The predicted octanol–water partition coefficient (Wildman–Crippen LogP) is 3.03. The standard InChI is InChI=1S/C18H23NO4/c1-3-22-15(20)17(2)11-18(12-17)9-14(18)19-16(21)23-10-13-7-5-4-6-8-13/h4-8,14H,3,9-12H2,1-2H3,(H,19,21)/t14-,17?,18?/m1/s1. The molecule has 2 fully saturated rings. The Balaban J connectivity index is 1.42. The lowest BCUT2D eigenvalue weighted by Crippen LogP contribution is -2.47. The van der Waals surface area contributed by atoms with Gasteiger partial charge >= 0.3 is 12.1 Å². The van der Waals surface area contributed by atoms with Crippen LogP contribution in [0.25, 0.3) is 0 Å². The molecule has 1 aromatic carbocycles. The van der Waals surface area contributed by atoms with Gasteiger partial charge in [-0.2, -0.15) is 0 Å². The van der Waals surface area contributed by atoms with Crippen LogP contribution in [0, 0.1) is 10.8 Å². The van der Waals surface area contributed by atoms with E-state index in [1.165, 1.54) is 0 Å². The largest absolute Gasteiger partial charge is 0.466 e. The minimum Gasteiger partial charge on any atom is -0.466 e. The summed E-state index contributed by atoms with van der Waals surface area (Å²) < 4.78 is 10.4. The van der Waals surface area contributed by atoms with Gasteiger partial charge in [0.2, 0.25) is 0 Å². The first kappa shape index (κ1) is 15.8. The van der Waals surface area contributed by atoms with E-state index < -0.39 is 0 Å². The SMILES string of the molecule is CCOC(=O)C1(C)CC2(C[C@H]2NC(=O)OCc2ccccc2)C1. The summed E-state index contributed by atoms with van der Waals surface area (Å²) >= 11 is 0. The summed E-state index contributed by atoms with van der Waals surface area (Å²) in [5.74, 6) is -0.122. The van der Waals surface area contributed by atoms with Gasteiger partial charge in [0.05, 0.1) is 12.0 Å². The number of nitrogens with one attached hydrogen (secondary N) is 1. The van der Waals surface area contributed by atoms with Crippen molar-refractivity contribution in [1.29, 1.82) is 0 Å². The van der Waals surface area contributed by atoms with Gasteiger partial charge in [0.1, 0.15) is 6.61 Å². The third kappa shape index (κ3) is 3.19. The number of hydrogen-bond donors (Lipinski definition) is 1. The van der Waals surface area contributed by atoms with Gasteiger partial charge in [-0.1, -0.05) is 30.3 Å². The Morgan fingerprint density at radius 3 is 2.57 bits per heavy atom. The highest BCUT2D eigenvalue weighted by molar-refractivity contribution is 5.78. The summed E-state index contributed by atoms with van der Waals surface area (Å²) in [7, 11) is 0. The Hall–Kier alpha value is -2.04. The molecule has 0 saturated heterocycles. The zero-order chi connectivity index (χ0) is 16.5. The highest BCUT2D eigenvalue weighted by Crippen LogP contribution is 2.68. The first-order valence-corrected chi connectivity index (χ1v) is 8.12. The number of rotatable bonds is 5. The smallest absolute Gasteiger partial charge is 0.407 e. The monoisotopic (exact) mass is 317 g/mol. The molecule has 23 heavy (non-hydrogen) atoms. The second kappa shape index (κ2) is 5.87. The van der Waals surface area contributed by atoms with E-state index in [1.54, 1.807) is 0 Å².